The third-order valence-corrected chi connectivity index (χ3v) is 4.04. The number of benzene rings is 1. The average molecular weight is 333 g/mol. The third kappa shape index (κ3) is 6.04. The van der Waals surface area contributed by atoms with Gasteiger partial charge in [0.1, 0.15) is 5.75 Å². The van der Waals surface area contributed by atoms with Crippen LogP contribution >= 0.6 is 0 Å². The standard InChI is InChI=1S/C19H31N3O2/c1-4-10-24-18-8-6-7-16(12-18)13-21-19(20-5-2)22(3)14-17-9-11-23-15-17/h6-8,12,17H,4-5,9-11,13-15H2,1-3H3,(H,20,21). The summed E-state index contributed by atoms with van der Waals surface area (Å²) < 4.78 is 11.2. The van der Waals surface area contributed by atoms with Crippen molar-refractivity contribution in [1.82, 2.24) is 10.2 Å². The van der Waals surface area contributed by atoms with Crippen LogP contribution in [0.4, 0.5) is 0 Å². The van der Waals surface area contributed by atoms with Crippen molar-refractivity contribution in [2.75, 3.05) is 40.0 Å². The molecule has 0 aromatic heterocycles. The molecule has 1 aromatic rings. The van der Waals surface area contributed by atoms with E-state index in [-0.39, 0.29) is 0 Å². The highest BCUT2D eigenvalue weighted by molar-refractivity contribution is 5.79. The molecule has 1 aliphatic rings. The fourth-order valence-electron chi connectivity index (χ4n) is 2.79. The zero-order valence-corrected chi connectivity index (χ0v) is 15.3. The van der Waals surface area contributed by atoms with Crippen LogP contribution in [0.5, 0.6) is 5.75 Å². The first-order valence-electron chi connectivity index (χ1n) is 9.01. The summed E-state index contributed by atoms with van der Waals surface area (Å²) >= 11 is 0. The van der Waals surface area contributed by atoms with Crippen LogP contribution in [0.2, 0.25) is 0 Å². The number of hydrogen-bond donors (Lipinski definition) is 1. The van der Waals surface area contributed by atoms with Crippen LogP contribution in [0.25, 0.3) is 0 Å². The summed E-state index contributed by atoms with van der Waals surface area (Å²) in [6, 6.07) is 8.20. The van der Waals surface area contributed by atoms with Crippen molar-refractivity contribution in [3.63, 3.8) is 0 Å². The molecule has 0 bridgehead atoms. The molecule has 24 heavy (non-hydrogen) atoms. The molecule has 1 aromatic carbocycles. The molecule has 1 unspecified atom stereocenters. The van der Waals surface area contributed by atoms with Gasteiger partial charge in [-0.2, -0.15) is 0 Å². The van der Waals surface area contributed by atoms with Crippen molar-refractivity contribution < 1.29 is 9.47 Å². The second kappa shape index (κ2) is 10.2. The fourth-order valence-corrected chi connectivity index (χ4v) is 2.79. The van der Waals surface area contributed by atoms with Crippen LogP contribution in [-0.4, -0.2) is 50.8 Å². The summed E-state index contributed by atoms with van der Waals surface area (Å²) in [5, 5.41) is 3.38. The van der Waals surface area contributed by atoms with Gasteiger partial charge in [0.15, 0.2) is 5.96 Å². The Morgan fingerprint density at radius 2 is 2.29 bits per heavy atom. The number of nitrogens with one attached hydrogen (secondary N) is 1. The Morgan fingerprint density at radius 1 is 1.42 bits per heavy atom. The lowest BCUT2D eigenvalue weighted by atomic mass is 10.1. The van der Waals surface area contributed by atoms with Crippen molar-refractivity contribution in [2.45, 2.75) is 33.2 Å². The van der Waals surface area contributed by atoms with Crippen molar-refractivity contribution in [3.8, 4) is 5.75 Å². The predicted octanol–water partition coefficient (Wildman–Crippen LogP) is 2.91. The predicted molar refractivity (Wildman–Crippen MR) is 98.6 cm³/mol. The number of aliphatic imine (C=N–C) groups is 1. The molecule has 5 heteroatoms. The smallest absolute Gasteiger partial charge is 0.193 e. The summed E-state index contributed by atoms with van der Waals surface area (Å²) in [5.74, 6) is 2.47. The topological polar surface area (TPSA) is 46.1 Å². The van der Waals surface area contributed by atoms with Crippen molar-refractivity contribution in [1.29, 1.82) is 0 Å². The number of ether oxygens (including phenoxy) is 2. The maximum absolute atomic E-state index is 5.70. The van der Waals surface area contributed by atoms with Crippen LogP contribution in [0, 0.1) is 5.92 Å². The van der Waals surface area contributed by atoms with Gasteiger partial charge in [-0.1, -0.05) is 19.1 Å². The van der Waals surface area contributed by atoms with Crippen molar-refractivity contribution in [3.05, 3.63) is 29.8 Å². The molecule has 1 atom stereocenters. The normalized spacial score (nSPS) is 17.8. The minimum absolute atomic E-state index is 0.602. The second-order valence-corrected chi connectivity index (χ2v) is 6.28. The molecule has 1 N–H and O–H groups in total. The first-order chi connectivity index (χ1) is 11.7. The molecule has 1 aliphatic heterocycles. The minimum atomic E-state index is 0.602. The highest BCUT2D eigenvalue weighted by Gasteiger charge is 2.19. The third-order valence-electron chi connectivity index (χ3n) is 4.04. The van der Waals surface area contributed by atoms with Crippen LogP contribution in [0.3, 0.4) is 0 Å². The van der Waals surface area contributed by atoms with Gasteiger partial charge in [0.05, 0.1) is 19.8 Å². The van der Waals surface area contributed by atoms with Gasteiger partial charge >= 0.3 is 0 Å². The van der Waals surface area contributed by atoms with E-state index in [4.69, 9.17) is 14.5 Å². The molecular formula is C19H31N3O2. The van der Waals surface area contributed by atoms with Gasteiger partial charge < -0.3 is 19.7 Å². The SMILES string of the molecule is CCCOc1cccc(CN=C(NCC)N(C)CC2CCOC2)c1. The first-order valence-corrected chi connectivity index (χ1v) is 9.01. The van der Waals surface area contributed by atoms with E-state index in [2.05, 4.69) is 43.2 Å². The highest BCUT2D eigenvalue weighted by Crippen LogP contribution is 2.15. The van der Waals surface area contributed by atoms with E-state index in [1.807, 2.05) is 12.1 Å². The molecule has 0 amide bonds. The zero-order valence-electron chi connectivity index (χ0n) is 15.3. The Balaban J connectivity index is 1.96. The molecule has 0 aliphatic carbocycles. The summed E-state index contributed by atoms with van der Waals surface area (Å²) in [5.41, 5.74) is 1.16. The quantitative estimate of drug-likeness (QED) is 0.587. The zero-order chi connectivity index (χ0) is 17.2. The Bertz CT molecular complexity index is 513. The number of rotatable bonds is 8. The van der Waals surface area contributed by atoms with E-state index in [1.54, 1.807) is 0 Å². The number of guanidine groups is 1. The monoisotopic (exact) mass is 333 g/mol. The van der Waals surface area contributed by atoms with Gasteiger partial charge in [0.25, 0.3) is 0 Å². The summed E-state index contributed by atoms with van der Waals surface area (Å²) in [4.78, 5) is 6.99. The largest absolute Gasteiger partial charge is 0.494 e. The molecule has 2 rings (SSSR count). The van der Waals surface area contributed by atoms with E-state index in [9.17, 15) is 0 Å². The summed E-state index contributed by atoms with van der Waals surface area (Å²) in [7, 11) is 2.10. The van der Waals surface area contributed by atoms with Gasteiger partial charge in [-0.05, 0) is 37.5 Å². The van der Waals surface area contributed by atoms with Crippen LogP contribution in [0.15, 0.2) is 29.3 Å². The van der Waals surface area contributed by atoms with E-state index in [0.717, 1.165) is 63.0 Å². The molecule has 0 saturated carbocycles. The maximum Gasteiger partial charge on any atom is 0.193 e. The molecule has 0 spiro atoms. The van der Waals surface area contributed by atoms with Gasteiger partial charge in [0.2, 0.25) is 0 Å². The van der Waals surface area contributed by atoms with Gasteiger partial charge in [-0.15, -0.1) is 0 Å². The lowest BCUT2D eigenvalue weighted by Gasteiger charge is -2.24. The second-order valence-electron chi connectivity index (χ2n) is 6.28. The molecule has 1 saturated heterocycles. The van der Waals surface area contributed by atoms with Crippen molar-refractivity contribution >= 4 is 5.96 Å². The van der Waals surface area contributed by atoms with Gasteiger partial charge in [0, 0.05) is 32.7 Å². The highest BCUT2D eigenvalue weighted by atomic mass is 16.5. The molecular weight excluding hydrogens is 302 g/mol. The van der Waals surface area contributed by atoms with Crippen LogP contribution < -0.4 is 10.1 Å². The molecule has 1 heterocycles. The molecule has 5 nitrogen and oxygen atoms in total. The Morgan fingerprint density at radius 3 is 3.00 bits per heavy atom. The minimum Gasteiger partial charge on any atom is -0.494 e. The summed E-state index contributed by atoms with van der Waals surface area (Å²) in [6.07, 6.45) is 2.16. The Hall–Kier alpha value is -1.75. The first kappa shape index (κ1) is 18.6. The van der Waals surface area contributed by atoms with E-state index < -0.39 is 0 Å². The number of hydrogen-bond acceptors (Lipinski definition) is 3. The lowest BCUT2D eigenvalue weighted by molar-refractivity contribution is 0.181. The lowest BCUT2D eigenvalue weighted by Crippen LogP contribution is -2.41. The van der Waals surface area contributed by atoms with Crippen LogP contribution in [0.1, 0.15) is 32.3 Å². The number of nitrogens with zero attached hydrogens (tertiary/aromatic N) is 2. The Labute approximate surface area is 146 Å². The average Bonchev–Trinajstić information content (AvgIpc) is 3.10. The van der Waals surface area contributed by atoms with Crippen molar-refractivity contribution in [2.24, 2.45) is 10.9 Å². The molecule has 134 valence electrons. The molecule has 1 fully saturated rings. The van der Waals surface area contributed by atoms with Gasteiger partial charge in [-0.25, -0.2) is 4.99 Å². The Kier molecular flexibility index (Phi) is 7.89. The van der Waals surface area contributed by atoms with E-state index in [0.29, 0.717) is 12.5 Å². The molecule has 0 radical (unpaired) electrons. The summed E-state index contributed by atoms with van der Waals surface area (Å²) in [6.45, 7) is 9.20. The maximum atomic E-state index is 5.70. The fraction of sp³-hybridized carbons (Fsp3) is 0.632. The van der Waals surface area contributed by atoms with Gasteiger partial charge in [-0.3, -0.25) is 0 Å². The van der Waals surface area contributed by atoms with E-state index >= 15 is 0 Å². The van der Waals surface area contributed by atoms with E-state index in [1.165, 1.54) is 0 Å². The van der Waals surface area contributed by atoms with Crippen LogP contribution in [-0.2, 0) is 11.3 Å².